The van der Waals surface area contributed by atoms with Gasteiger partial charge in [0.1, 0.15) is 0 Å². The van der Waals surface area contributed by atoms with Crippen LogP contribution in [-0.4, -0.2) is 21.8 Å². The molecule has 0 aromatic heterocycles. The number of hydrogen-bond acceptors (Lipinski definition) is 2. The van der Waals surface area contributed by atoms with E-state index in [1.54, 1.807) is 0 Å². The second-order valence-electron chi connectivity index (χ2n) is 4.66. The minimum Gasteiger partial charge on any atom is -0.395 e. The summed E-state index contributed by atoms with van der Waals surface area (Å²) in [6.45, 7) is 12.2. The van der Waals surface area contributed by atoms with Crippen molar-refractivity contribution in [2.24, 2.45) is 5.92 Å². The molecule has 0 saturated heterocycles. The lowest BCUT2D eigenvalue weighted by atomic mass is 10.1. The van der Waals surface area contributed by atoms with E-state index in [0.717, 1.165) is 18.9 Å². The van der Waals surface area contributed by atoms with Crippen LogP contribution in [0.2, 0.25) is 13.1 Å². The fourth-order valence-electron chi connectivity index (χ4n) is 1.20. The molecule has 0 rings (SSSR count). The maximum absolute atomic E-state index is 5.81. The van der Waals surface area contributed by atoms with Crippen LogP contribution in [0.5, 0.6) is 0 Å². The van der Waals surface area contributed by atoms with E-state index in [1.807, 2.05) is 19.1 Å². The maximum atomic E-state index is 5.81. The van der Waals surface area contributed by atoms with Crippen LogP contribution in [0.25, 0.3) is 0 Å². The molecule has 0 aliphatic carbocycles. The van der Waals surface area contributed by atoms with Crippen molar-refractivity contribution >= 4 is 8.56 Å². The van der Waals surface area contributed by atoms with Crippen molar-refractivity contribution in [3.63, 3.8) is 0 Å². The highest BCUT2D eigenvalue weighted by Gasteiger charge is 2.23. The van der Waals surface area contributed by atoms with Gasteiger partial charge in [-0.3, -0.25) is 0 Å². The van der Waals surface area contributed by atoms with Gasteiger partial charge in [-0.2, -0.15) is 0 Å². The lowest BCUT2D eigenvalue weighted by Gasteiger charge is -2.22. The molecule has 0 aliphatic heterocycles. The minimum absolute atomic E-state index is 0.680. The van der Waals surface area contributed by atoms with Gasteiger partial charge in [-0.1, -0.05) is 26.0 Å². The topological polar surface area (TPSA) is 18.5 Å². The molecule has 0 aliphatic rings. The molecule has 0 spiro atoms. The van der Waals surface area contributed by atoms with Crippen molar-refractivity contribution in [1.29, 1.82) is 0 Å². The van der Waals surface area contributed by atoms with E-state index in [4.69, 9.17) is 8.85 Å². The van der Waals surface area contributed by atoms with Crippen molar-refractivity contribution in [3.05, 3.63) is 12.2 Å². The van der Waals surface area contributed by atoms with Crippen molar-refractivity contribution in [2.45, 2.75) is 46.7 Å². The van der Waals surface area contributed by atoms with Crippen LogP contribution >= 0.6 is 0 Å². The van der Waals surface area contributed by atoms with Crippen LogP contribution in [0.15, 0.2) is 12.2 Å². The third-order valence-electron chi connectivity index (χ3n) is 2.14. The summed E-state index contributed by atoms with van der Waals surface area (Å²) >= 11 is 0. The predicted molar refractivity (Wildman–Crippen MR) is 68.3 cm³/mol. The second-order valence-corrected chi connectivity index (χ2v) is 8.04. The molecule has 90 valence electrons. The third kappa shape index (κ3) is 10.2. The SMILES string of the molecule is C/C=C/CO[Si](C)(C)OCCCC(C)C. The van der Waals surface area contributed by atoms with Gasteiger partial charge in [0.25, 0.3) is 0 Å². The van der Waals surface area contributed by atoms with Crippen molar-refractivity contribution in [3.8, 4) is 0 Å². The van der Waals surface area contributed by atoms with Gasteiger partial charge in [0, 0.05) is 6.61 Å². The molecule has 3 heteroatoms. The van der Waals surface area contributed by atoms with Gasteiger partial charge in [0.2, 0.25) is 0 Å². The molecule has 0 saturated carbocycles. The van der Waals surface area contributed by atoms with Crippen LogP contribution in [0, 0.1) is 5.92 Å². The van der Waals surface area contributed by atoms with Crippen LogP contribution in [0.4, 0.5) is 0 Å². The number of rotatable bonds is 8. The monoisotopic (exact) mass is 230 g/mol. The fourth-order valence-corrected chi connectivity index (χ4v) is 2.41. The van der Waals surface area contributed by atoms with Crippen LogP contribution in [0.3, 0.4) is 0 Å². The summed E-state index contributed by atoms with van der Waals surface area (Å²) in [5.74, 6) is 0.766. The van der Waals surface area contributed by atoms with E-state index in [1.165, 1.54) is 6.42 Å². The van der Waals surface area contributed by atoms with E-state index < -0.39 is 8.56 Å². The Kier molecular flexibility index (Phi) is 8.01. The average Bonchev–Trinajstić information content (AvgIpc) is 2.13. The molecular weight excluding hydrogens is 204 g/mol. The lowest BCUT2D eigenvalue weighted by molar-refractivity contribution is 0.189. The summed E-state index contributed by atoms with van der Waals surface area (Å²) in [7, 11) is -1.86. The first-order valence-electron chi connectivity index (χ1n) is 5.87. The Morgan fingerprint density at radius 1 is 1.20 bits per heavy atom. The first-order chi connectivity index (χ1) is 6.98. The number of hydrogen-bond donors (Lipinski definition) is 0. The molecule has 0 radical (unpaired) electrons. The van der Waals surface area contributed by atoms with Crippen molar-refractivity contribution in [1.82, 2.24) is 0 Å². The molecular formula is C12H26O2Si. The third-order valence-corrected chi connectivity index (χ3v) is 3.90. The zero-order valence-electron chi connectivity index (χ0n) is 10.9. The van der Waals surface area contributed by atoms with E-state index >= 15 is 0 Å². The first kappa shape index (κ1) is 14.9. The van der Waals surface area contributed by atoms with Gasteiger partial charge in [-0.15, -0.1) is 0 Å². The minimum atomic E-state index is -1.86. The van der Waals surface area contributed by atoms with Crippen LogP contribution < -0.4 is 0 Å². The average molecular weight is 230 g/mol. The standard InChI is InChI=1S/C12H26O2Si/c1-6-7-10-13-15(4,5)14-11-8-9-12(2)3/h6-7,12H,8-11H2,1-5H3/b7-6+. The Bertz CT molecular complexity index is 176. The van der Waals surface area contributed by atoms with Gasteiger partial charge in [0.15, 0.2) is 0 Å². The van der Waals surface area contributed by atoms with Gasteiger partial charge in [0.05, 0.1) is 6.61 Å². The highest BCUT2D eigenvalue weighted by atomic mass is 28.4. The summed E-state index contributed by atoms with van der Waals surface area (Å²) in [4.78, 5) is 0. The molecule has 0 heterocycles. The molecule has 15 heavy (non-hydrogen) atoms. The Morgan fingerprint density at radius 3 is 2.40 bits per heavy atom. The largest absolute Gasteiger partial charge is 0.395 e. The Balaban J connectivity index is 3.55. The molecule has 0 aromatic rings. The summed E-state index contributed by atoms with van der Waals surface area (Å²) in [6.07, 6.45) is 6.40. The van der Waals surface area contributed by atoms with Gasteiger partial charge in [-0.05, 0) is 38.8 Å². The van der Waals surface area contributed by atoms with E-state index in [2.05, 4.69) is 26.9 Å². The predicted octanol–water partition coefficient (Wildman–Crippen LogP) is 3.73. The molecule has 0 bridgehead atoms. The quantitative estimate of drug-likeness (QED) is 0.359. The number of allylic oxidation sites excluding steroid dienone is 1. The zero-order chi connectivity index (χ0) is 11.7. The fraction of sp³-hybridized carbons (Fsp3) is 0.833. The van der Waals surface area contributed by atoms with Crippen LogP contribution in [0.1, 0.15) is 33.6 Å². The smallest absolute Gasteiger partial charge is 0.331 e. The summed E-state index contributed by atoms with van der Waals surface area (Å²) in [5, 5.41) is 0. The molecule has 0 fully saturated rings. The highest BCUT2D eigenvalue weighted by Crippen LogP contribution is 2.09. The zero-order valence-corrected chi connectivity index (χ0v) is 11.9. The normalized spacial score (nSPS) is 12.9. The molecule has 2 nitrogen and oxygen atoms in total. The summed E-state index contributed by atoms with van der Waals surface area (Å²) in [6, 6.07) is 0. The Hall–Kier alpha value is -0.123. The molecule has 0 unspecified atom stereocenters. The Morgan fingerprint density at radius 2 is 1.87 bits per heavy atom. The summed E-state index contributed by atoms with van der Waals surface area (Å²) in [5.41, 5.74) is 0. The van der Waals surface area contributed by atoms with Crippen LogP contribution in [-0.2, 0) is 8.85 Å². The van der Waals surface area contributed by atoms with Gasteiger partial charge in [-0.25, -0.2) is 0 Å². The molecule has 0 aromatic carbocycles. The first-order valence-corrected chi connectivity index (χ1v) is 8.68. The van der Waals surface area contributed by atoms with Gasteiger partial charge >= 0.3 is 8.56 Å². The van der Waals surface area contributed by atoms with Gasteiger partial charge < -0.3 is 8.85 Å². The molecule has 0 N–H and O–H groups in total. The lowest BCUT2D eigenvalue weighted by Crippen LogP contribution is -2.35. The second kappa shape index (κ2) is 8.08. The van der Waals surface area contributed by atoms with Crippen molar-refractivity contribution < 1.29 is 8.85 Å². The summed E-state index contributed by atoms with van der Waals surface area (Å²) < 4.78 is 11.5. The van der Waals surface area contributed by atoms with E-state index in [-0.39, 0.29) is 0 Å². The molecule has 0 atom stereocenters. The maximum Gasteiger partial charge on any atom is 0.331 e. The Labute approximate surface area is 95.9 Å². The van der Waals surface area contributed by atoms with E-state index in [9.17, 15) is 0 Å². The van der Waals surface area contributed by atoms with E-state index in [0.29, 0.717) is 6.61 Å². The molecule has 0 amide bonds. The van der Waals surface area contributed by atoms with Crippen molar-refractivity contribution in [2.75, 3.05) is 13.2 Å². The highest BCUT2D eigenvalue weighted by molar-refractivity contribution is 6.64.